The normalized spacial score (nSPS) is 15.7. The van der Waals surface area contributed by atoms with E-state index >= 15 is 0 Å². The molecule has 2 aromatic rings. The van der Waals surface area contributed by atoms with Gasteiger partial charge in [0, 0.05) is 22.6 Å². The van der Waals surface area contributed by atoms with Gasteiger partial charge in [0.2, 0.25) is 0 Å². The summed E-state index contributed by atoms with van der Waals surface area (Å²) in [6.45, 7) is 15.5. The van der Waals surface area contributed by atoms with Crippen LogP contribution in [-0.4, -0.2) is 9.97 Å². The smallest absolute Gasteiger partial charge is 0.196 e. The highest BCUT2D eigenvalue weighted by atomic mass is 32.1. The molecule has 0 saturated carbocycles. The lowest BCUT2D eigenvalue weighted by atomic mass is 9.97. The van der Waals surface area contributed by atoms with Gasteiger partial charge in [0.05, 0.1) is 16.9 Å². The van der Waals surface area contributed by atoms with Gasteiger partial charge in [-0.25, -0.2) is 9.97 Å². The van der Waals surface area contributed by atoms with Crippen molar-refractivity contribution in [3.05, 3.63) is 33.4 Å². The maximum Gasteiger partial charge on any atom is 0.196 e. The van der Waals surface area contributed by atoms with Crippen molar-refractivity contribution in [2.45, 2.75) is 91.4 Å². The Bertz CT molecular complexity index is 644. The van der Waals surface area contributed by atoms with Crippen LogP contribution in [0.5, 0.6) is 0 Å². The van der Waals surface area contributed by atoms with Gasteiger partial charge >= 0.3 is 0 Å². The molecule has 24 heavy (non-hydrogen) atoms. The number of hydrogen-bond acceptors (Lipinski definition) is 4. The number of nitrogens with zero attached hydrogens (tertiary/aromatic N) is 2. The minimum Gasteiger partial charge on any atom is -0.445 e. The highest BCUT2D eigenvalue weighted by Crippen LogP contribution is 2.35. The monoisotopic (exact) mass is 348 g/mol. The lowest BCUT2D eigenvalue weighted by molar-refractivity contribution is 0.401. The average molecular weight is 349 g/mol. The highest BCUT2D eigenvalue weighted by molar-refractivity contribution is 7.11. The molecule has 2 aromatic heterocycles. The van der Waals surface area contributed by atoms with E-state index in [9.17, 15) is 0 Å². The predicted octanol–water partition coefficient (Wildman–Crippen LogP) is 6.76. The second-order valence-electron chi connectivity index (χ2n) is 7.45. The van der Waals surface area contributed by atoms with E-state index in [0.717, 1.165) is 24.5 Å². The van der Waals surface area contributed by atoms with Crippen molar-refractivity contribution in [3.63, 3.8) is 0 Å². The predicted molar refractivity (Wildman–Crippen MR) is 102 cm³/mol. The second-order valence-corrected chi connectivity index (χ2v) is 8.51. The first-order chi connectivity index (χ1) is 11.3. The lowest BCUT2D eigenvalue weighted by Gasteiger charge is -2.12. The topological polar surface area (TPSA) is 38.9 Å². The summed E-state index contributed by atoms with van der Waals surface area (Å²) >= 11 is 1.91. The Labute approximate surface area is 150 Å². The Morgan fingerprint density at radius 3 is 2.29 bits per heavy atom. The maximum absolute atomic E-state index is 5.89. The van der Waals surface area contributed by atoms with E-state index in [4.69, 9.17) is 9.40 Å². The first-order valence-electron chi connectivity index (χ1n) is 9.26. The van der Waals surface area contributed by atoms with Gasteiger partial charge < -0.3 is 4.42 Å². The van der Waals surface area contributed by atoms with Crippen LogP contribution in [0.3, 0.4) is 0 Å². The Morgan fingerprint density at radius 1 is 1.04 bits per heavy atom. The van der Waals surface area contributed by atoms with Crippen molar-refractivity contribution in [2.24, 2.45) is 0 Å². The summed E-state index contributed by atoms with van der Waals surface area (Å²) in [6.07, 6.45) is 5.31. The third-order valence-electron chi connectivity index (χ3n) is 4.88. The number of aryl methyl sites for hydroxylation is 1. The minimum absolute atomic E-state index is 0.349. The SMILES string of the molecule is CCC(C)c1sc(C(C)CCC(C)c2cnc(C(C)C)o2)nc1C. The number of oxazole rings is 1. The van der Waals surface area contributed by atoms with Gasteiger partial charge in [0.1, 0.15) is 5.76 Å². The van der Waals surface area contributed by atoms with Crippen molar-refractivity contribution >= 4 is 11.3 Å². The second kappa shape index (κ2) is 8.28. The summed E-state index contributed by atoms with van der Waals surface area (Å²) in [4.78, 5) is 10.7. The molecule has 0 radical (unpaired) electrons. The Morgan fingerprint density at radius 2 is 1.71 bits per heavy atom. The number of aromatic nitrogens is 2. The van der Waals surface area contributed by atoms with Gasteiger partial charge in [-0.15, -0.1) is 11.3 Å². The summed E-state index contributed by atoms with van der Waals surface area (Å²) in [6, 6.07) is 0. The molecule has 134 valence electrons. The van der Waals surface area contributed by atoms with Crippen molar-refractivity contribution in [1.82, 2.24) is 9.97 Å². The molecule has 0 N–H and O–H groups in total. The number of thiazole rings is 1. The van der Waals surface area contributed by atoms with Crippen LogP contribution in [0.25, 0.3) is 0 Å². The fourth-order valence-corrected chi connectivity index (χ4v) is 4.13. The van der Waals surface area contributed by atoms with E-state index < -0.39 is 0 Å². The van der Waals surface area contributed by atoms with Gasteiger partial charge in [-0.2, -0.15) is 0 Å². The summed E-state index contributed by atoms with van der Waals surface area (Å²) in [7, 11) is 0. The number of hydrogen-bond donors (Lipinski definition) is 0. The van der Waals surface area contributed by atoms with Crippen molar-refractivity contribution < 1.29 is 4.42 Å². The third kappa shape index (κ3) is 4.47. The fraction of sp³-hybridized carbons (Fsp3) is 0.700. The molecule has 0 aliphatic rings. The van der Waals surface area contributed by atoms with Gasteiger partial charge in [0.15, 0.2) is 5.89 Å². The largest absolute Gasteiger partial charge is 0.445 e. The molecule has 0 amide bonds. The lowest BCUT2D eigenvalue weighted by Crippen LogP contribution is -1.98. The maximum atomic E-state index is 5.89. The van der Waals surface area contributed by atoms with Crippen LogP contribution in [0.4, 0.5) is 0 Å². The van der Waals surface area contributed by atoms with Crippen molar-refractivity contribution in [3.8, 4) is 0 Å². The van der Waals surface area contributed by atoms with Gasteiger partial charge in [-0.1, -0.05) is 41.5 Å². The molecular weight excluding hydrogens is 316 g/mol. The Kier molecular flexibility index (Phi) is 6.62. The quantitative estimate of drug-likeness (QED) is 0.528. The van der Waals surface area contributed by atoms with Gasteiger partial charge in [-0.3, -0.25) is 0 Å². The molecule has 0 bridgehead atoms. The van der Waals surface area contributed by atoms with E-state index in [1.165, 1.54) is 22.0 Å². The summed E-state index contributed by atoms with van der Waals surface area (Å²) < 4.78 is 5.89. The standard InChI is InChI=1S/C20H32N2OS/c1-8-13(4)18-16(7)22-20(24-18)15(6)10-9-14(5)17-11-21-19(23-17)12(2)3/h11-15H,8-10H2,1-7H3. The van der Waals surface area contributed by atoms with Crippen LogP contribution >= 0.6 is 11.3 Å². The van der Waals surface area contributed by atoms with Gasteiger partial charge in [0.25, 0.3) is 0 Å². The van der Waals surface area contributed by atoms with E-state index in [2.05, 4.69) is 53.5 Å². The Hall–Kier alpha value is -1.16. The summed E-state index contributed by atoms with van der Waals surface area (Å²) in [5.41, 5.74) is 1.22. The zero-order valence-corrected chi connectivity index (χ0v) is 17.0. The molecule has 3 unspecified atom stereocenters. The third-order valence-corrected chi connectivity index (χ3v) is 6.50. The molecule has 0 saturated heterocycles. The zero-order chi connectivity index (χ0) is 17.9. The molecule has 3 atom stereocenters. The summed E-state index contributed by atoms with van der Waals surface area (Å²) in [5, 5.41) is 1.29. The minimum atomic E-state index is 0.349. The van der Waals surface area contributed by atoms with Crippen LogP contribution in [0.15, 0.2) is 10.6 Å². The molecule has 0 aliphatic heterocycles. The van der Waals surface area contributed by atoms with Crippen molar-refractivity contribution in [2.75, 3.05) is 0 Å². The van der Waals surface area contributed by atoms with Crippen molar-refractivity contribution in [1.29, 1.82) is 0 Å². The molecule has 0 aromatic carbocycles. The molecule has 4 heteroatoms. The molecule has 0 aliphatic carbocycles. The van der Waals surface area contributed by atoms with E-state index in [1.54, 1.807) is 0 Å². The summed E-state index contributed by atoms with van der Waals surface area (Å²) in [5.74, 6) is 3.73. The van der Waals surface area contributed by atoms with E-state index in [-0.39, 0.29) is 0 Å². The highest BCUT2D eigenvalue weighted by Gasteiger charge is 2.19. The van der Waals surface area contributed by atoms with Crippen LogP contribution in [0.2, 0.25) is 0 Å². The zero-order valence-electron chi connectivity index (χ0n) is 16.2. The molecule has 2 heterocycles. The van der Waals surface area contributed by atoms with E-state index in [0.29, 0.717) is 23.7 Å². The number of rotatable bonds is 8. The first-order valence-corrected chi connectivity index (χ1v) is 10.1. The molecule has 0 fully saturated rings. The Balaban J connectivity index is 1.95. The average Bonchev–Trinajstić information content (AvgIpc) is 3.18. The van der Waals surface area contributed by atoms with Gasteiger partial charge in [-0.05, 0) is 32.1 Å². The first kappa shape index (κ1) is 19.2. The molecule has 0 spiro atoms. The molecular formula is C20H32N2OS. The van der Waals surface area contributed by atoms with Crippen LogP contribution < -0.4 is 0 Å². The van der Waals surface area contributed by atoms with Crippen LogP contribution in [-0.2, 0) is 0 Å². The fourth-order valence-electron chi connectivity index (χ4n) is 2.84. The van der Waals surface area contributed by atoms with Crippen LogP contribution in [0.1, 0.15) is 112 Å². The molecule has 2 rings (SSSR count). The van der Waals surface area contributed by atoms with Crippen LogP contribution in [0, 0.1) is 6.92 Å². The molecule has 3 nitrogen and oxygen atoms in total. The van der Waals surface area contributed by atoms with E-state index in [1.807, 2.05) is 17.5 Å².